The van der Waals surface area contributed by atoms with Crippen molar-refractivity contribution in [1.29, 1.82) is 0 Å². The summed E-state index contributed by atoms with van der Waals surface area (Å²) >= 11 is 6.04. The fourth-order valence-corrected chi connectivity index (χ4v) is 5.19. The van der Waals surface area contributed by atoms with Gasteiger partial charge < -0.3 is 10.1 Å². The molecule has 0 aliphatic heterocycles. The Morgan fingerprint density at radius 1 is 1.06 bits per heavy atom. The molecule has 0 saturated carbocycles. The lowest BCUT2D eigenvalue weighted by atomic mass is 10.0. The molecule has 0 fully saturated rings. The number of anilines is 1. The van der Waals surface area contributed by atoms with Gasteiger partial charge in [-0.1, -0.05) is 67.1 Å². The predicted octanol–water partition coefficient (Wildman–Crippen LogP) is 4.75. The normalized spacial score (nSPS) is 12.2. The molecule has 0 spiro atoms. The second kappa shape index (κ2) is 10.8. The Balaban J connectivity index is 1.97. The lowest BCUT2D eigenvalue weighted by Crippen LogP contribution is -2.45. The molecule has 0 bridgehead atoms. The molecule has 3 aromatic rings. The molecule has 0 saturated heterocycles. The second-order valence-electron chi connectivity index (χ2n) is 7.61. The van der Waals surface area contributed by atoms with E-state index >= 15 is 0 Å². The van der Waals surface area contributed by atoms with Crippen LogP contribution in [0.2, 0.25) is 5.02 Å². The highest BCUT2D eigenvalue weighted by atomic mass is 35.5. The molecule has 1 amide bonds. The first-order chi connectivity index (χ1) is 15.7. The zero-order valence-corrected chi connectivity index (χ0v) is 20.3. The average molecular weight is 487 g/mol. The molecular formula is C25H27ClN2O4S. The molecule has 1 atom stereocenters. The van der Waals surface area contributed by atoms with Crippen molar-refractivity contribution in [3.05, 3.63) is 88.4 Å². The van der Waals surface area contributed by atoms with Gasteiger partial charge in [-0.25, -0.2) is 8.42 Å². The molecule has 3 rings (SSSR count). The van der Waals surface area contributed by atoms with Gasteiger partial charge in [-0.3, -0.25) is 4.79 Å². The highest BCUT2D eigenvalue weighted by Crippen LogP contribution is 2.28. The monoisotopic (exact) mass is 486 g/mol. The van der Waals surface area contributed by atoms with E-state index in [2.05, 4.69) is 10.0 Å². The molecule has 0 aliphatic rings. The van der Waals surface area contributed by atoms with Gasteiger partial charge in [0, 0.05) is 10.7 Å². The number of hydrogen-bond acceptors (Lipinski definition) is 4. The van der Waals surface area contributed by atoms with E-state index in [0.29, 0.717) is 5.69 Å². The number of hydrogen-bond donors (Lipinski definition) is 2. The Kier molecular flexibility index (Phi) is 8.13. The molecular weight excluding hydrogens is 460 g/mol. The van der Waals surface area contributed by atoms with Gasteiger partial charge >= 0.3 is 0 Å². The lowest BCUT2D eigenvalue weighted by molar-refractivity contribution is -0.117. The number of para-hydroxylation sites is 1. The Morgan fingerprint density at radius 2 is 1.79 bits per heavy atom. The second-order valence-corrected chi connectivity index (χ2v) is 9.73. The standard InChI is InChI=1S/C25H27ClN2O4S/c1-4-19-12-8-9-17(2)24(19)27-25(29)21(15-18-10-6-5-7-11-18)28-33(30,31)23-16-20(26)13-14-22(23)32-3/h5-14,16,21,28H,4,15H2,1-3H3,(H,27,29)/t21-/m0/s1. The van der Waals surface area contributed by atoms with Gasteiger partial charge in [0.25, 0.3) is 0 Å². The first kappa shape index (κ1) is 24.8. The Labute approximate surface area is 200 Å². The molecule has 0 aromatic heterocycles. The quantitative estimate of drug-likeness (QED) is 0.457. The van der Waals surface area contributed by atoms with Gasteiger partial charge in [-0.05, 0) is 54.7 Å². The van der Waals surface area contributed by atoms with Crippen molar-refractivity contribution in [3.63, 3.8) is 0 Å². The van der Waals surface area contributed by atoms with Crippen LogP contribution in [-0.2, 0) is 27.7 Å². The van der Waals surface area contributed by atoms with Gasteiger partial charge in [0.15, 0.2) is 0 Å². The number of rotatable bonds is 9. The fraction of sp³-hybridized carbons (Fsp3) is 0.240. The Bertz CT molecular complexity index is 1230. The maximum atomic E-state index is 13.4. The topological polar surface area (TPSA) is 84.5 Å². The summed E-state index contributed by atoms with van der Waals surface area (Å²) in [7, 11) is -2.75. The van der Waals surface area contributed by atoms with E-state index in [9.17, 15) is 13.2 Å². The van der Waals surface area contributed by atoms with Crippen LogP contribution in [0.5, 0.6) is 5.75 Å². The van der Waals surface area contributed by atoms with Crippen LogP contribution in [0.4, 0.5) is 5.69 Å². The van der Waals surface area contributed by atoms with Crippen molar-refractivity contribution in [2.45, 2.75) is 37.6 Å². The number of nitrogens with one attached hydrogen (secondary N) is 2. The van der Waals surface area contributed by atoms with Crippen LogP contribution in [0.1, 0.15) is 23.6 Å². The average Bonchev–Trinajstić information content (AvgIpc) is 2.80. The predicted molar refractivity (Wildman–Crippen MR) is 131 cm³/mol. The van der Waals surface area contributed by atoms with Gasteiger partial charge in [0.05, 0.1) is 7.11 Å². The third-order valence-corrected chi connectivity index (χ3v) is 7.03. The van der Waals surface area contributed by atoms with E-state index in [0.717, 1.165) is 23.1 Å². The van der Waals surface area contributed by atoms with Crippen LogP contribution < -0.4 is 14.8 Å². The largest absolute Gasteiger partial charge is 0.495 e. The fourth-order valence-electron chi connectivity index (χ4n) is 3.56. The molecule has 174 valence electrons. The van der Waals surface area contributed by atoms with Crippen molar-refractivity contribution in [2.24, 2.45) is 0 Å². The van der Waals surface area contributed by atoms with Crippen molar-refractivity contribution >= 4 is 33.2 Å². The number of aryl methyl sites for hydroxylation is 2. The molecule has 2 N–H and O–H groups in total. The molecule has 33 heavy (non-hydrogen) atoms. The minimum Gasteiger partial charge on any atom is -0.495 e. The number of carbonyl (C=O) groups is 1. The molecule has 6 nitrogen and oxygen atoms in total. The van der Waals surface area contributed by atoms with Crippen LogP contribution in [0.25, 0.3) is 0 Å². The molecule has 3 aromatic carbocycles. The molecule has 8 heteroatoms. The van der Waals surface area contributed by atoms with Crippen LogP contribution in [0, 0.1) is 6.92 Å². The van der Waals surface area contributed by atoms with Gasteiger partial charge in [-0.2, -0.15) is 4.72 Å². The van der Waals surface area contributed by atoms with E-state index in [-0.39, 0.29) is 22.1 Å². The minimum atomic E-state index is -4.13. The van der Waals surface area contributed by atoms with E-state index in [4.69, 9.17) is 16.3 Å². The Morgan fingerprint density at radius 3 is 2.45 bits per heavy atom. The highest BCUT2D eigenvalue weighted by Gasteiger charge is 2.29. The summed E-state index contributed by atoms with van der Waals surface area (Å²) in [5.41, 5.74) is 3.39. The van der Waals surface area contributed by atoms with E-state index < -0.39 is 22.0 Å². The summed E-state index contributed by atoms with van der Waals surface area (Å²) in [6.45, 7) is 3.90. The molecule has 0 unspecified atom stereocenters. The highest BCUT2D eigenvalue weighted by molar-refractivity contribution is 7.89. The number of ether oxygens (including phenoxy) is 1. The minimum absolute atomic E-state index is 0.131. The van der Waals surface area contributed by atoms with E-state index in [1.165, 1.54) is 25.3 Å². The zero-order chi connectivity index (χ0) is 24.0. The summed E-state index contributed by atoms with van der Waals surface area (Å²) in [5, 5.41) is 3.18. The SMILES string of the molecule is CCc1cccc(C)c1NC(=O)[C@H](Cc1ccccc1)NS(=O)(=O)c1cc(Cl)ccc1OC. The first-order valence-electron chi connectivity index (χ1n) is 10.5. The number of methoxy groups -OCH3 is 1. The van der Waals surface area contributed by atoms with Gasteiger partial charge in [-0.15, -0.1) is 0 Å². The molecule has 0 radical (unpaired) electrons. The summed E-state index contributed by atoms with van der Waals surface area (Å²) < 4.78 is 34.3. The number of sulfonamides is 1. The molecule has 0 aliphatic carbocycles. The summed E-state index contributed by atoms with van der Waals surface area (Å²) in [4.78, 5) is 13.2. The molecule has 0 heterocycles. The first-order valence-corrected chi connectivity index (χ1v) is 12.4. The summed E-state index contributed by atoms with van der Waals surface area (Å²) in [6.07, 6.45) is 0.897. The van der Waals surface area contributed by atoms with Crippen LogP contribution >= 0.6 is 11.6 Å². The van der Waals surface area contributed by atoms with Crippen molar-refractivity contribution in [2.75, 3.05) is 12.4 Å². The van der Waals surface area contributed by atoms with Crippen molar-refractivity contribution in [3.8, 4) is 5.75 Å². The van der Waals surface area contributed by atoms with Crippen LogP contribution in [-0.4, -0.2) is 27.5 Å². The van der Waals surface area contributed by atoms with E-state index in [1.807, 2.05) is 62.4 Å². The third-order valence-electron chi connectivity index (χ3n) is 5.30. The lowest BCUT2D eigenvalue weighted by Gasteiger charge is -2.21. The maximum Gasteiger partial charge on any atom is 0.245 e. The van der Waals surface area contributed by atoms with Gasteiger partial charge in [0.2, 0.25) is 15.9 Å². The smallest absolute Gasteiger partial charge is 0.245 e. The number of benzene rings is 3. The summed E-state index contributed by atoms with van der Waals surface area (Å²) in [5.74, 6) is -0.314. The number of carbonyl (C=O) groups excluding carboxylic acids is 1. The summed E-state index contributed by atoms with van der Waals surface area (Å²) in [6, 6.07) is 18.3. The third kappa shape index (κ3) is 6.13. The number of halogens is 1. The van der Waals surface area contributed by atoms with Crippen LogP contribution in [0.15, 0.2) is 71.6 Å². The number of amides is 1. The Hall–Kier alpha value is -2.87. The van der Waals surface area contributed by atoms with Crippen LogP contribution in [0.3, 0.4) is 0 Å². The van der Waals surface area contributed by atoms with Gasteiger partial charge in [0.1, 0.15) is 16.7 Å². The van der Waals surface area contributed by atoms with E-state index in [1.54, 1.807) is 0 Å². The zero-order valence-electron chi connectivity index (χ0n) is 18.8. The van der Waals surface area contributed by atoms with Crippen molar-refractivity contribution < 1.29 is 17.9 Å². The maximum absolute atomic E-state index is 13.4. The van der Waals surface area contributed by atoms with Crippen molar-refractivity contribution in [1.82, 2.24) is 4.72 Å².